The lowest BCUT2D eigenvalue weighted by molar-refractivity contribution is -0.137. The normalized spacial score (nSPS) is 11.4. The summed E-state index contributed by atoms with van der Waals surface area (Å²) in [7, 11) is 0. The minimum Gasteiger partial charge on any atom is -0.288 e. The monoisotopic (exact) mass is 346 g/mol. The molecule has 0 aromatic heterocycles. The van der Waals surface area contributed by atoms with Crippen LogP contribution in [0.4, 0.5) is 17.6 Å². The minimum absolute atomic E-state index is 0.398. The second-order valence-electron chi connectivity index (χ2n) is 4.00. The van der Waals surface area contributed by atoms with Crippen molar-refractivity contribution in [1.29, 1.82) is 0 Å². The van der Waals surface area contributed by atoms with Crippen LogP contribution in [0.25, 0.3) is 0 Å². The van der Waals surface area contributed by atoms with Crippen LogP contribution in [0.15, 0.2) is 46.9 Å². The third kappa shape index (κ3) is 2.90. The van der Waals surface area contributed by atoms with Crippen LogP contribution < -0.4 is 0 Å². The molecule has 2 rings (SSSR count). The fraction of sp³-hybridized carbons (Fsp3) is 0.0714. The molecule has 0 heterocycles. The molecule has 2 aromatic carbocycles. The Morgan fingerprint density at radius 2 is 1.65 bits per heavy atom. The Balaban J connectivity index is 2.55. The van der Waals surface area contributed by atoms with Gasteiger partial charge in [0.1, 0.15) is 5.82 Å². The van der Waals surface area contributed by atoms with Gasteiger partial charge in [-0.3, -0.25) is 4.79 Å². The molecule has 0 fully saturated rings. The van der Waals surface area contributed by atoms with Gasteiger partial charge in [-0.25, -0.2) is 4.39 Å². The average Bonchev–Trinajstić information content (AvgIpc) is 2.37. The van der Waals surface area contributed by atoms with Gasteiger partial charge in [0, 0.05) is 10.0 Å². The van der Waals surface area contributed by atoms with E-state index in [0.29, 0.717) is 4.47 Å². The van der Waals surface area contributed by atoms with Gasteiger partial charge in [0.2, 0.25) is 0 Å². The molecule has 0 amide bonds. The molecule has 0 saturated heterocycles. The van der Waals surface area contributed by atoms with Gasteiger partial charge in [-0.15, -0.1) is 0 Å². The highest BCUT2D eigenvalue weighted by Crippen LogP contribution is 2.33. The van der Waals surface area contributed by atoms with E-state index in [1.165, 1.54) is 18.2 Å². The SMILES string of the molecule is O=C(c1ccc(Br)cc1F)c1ccccc1C(F)(F)F. The molecule has 104 valence electrons. The van der Waals surface area contributed by atoms with E-state index >= 15 is 0 Å². The Bertz CT molecular complexity index is 664. The quantitative estimate of drug-likeness (QED) is 0.561. The van der Waals surface area contributed by atoms with Crippen LogP contribution in [0.1, 0.15) is 21.5 Å². The summed E-state index contributed by atoms with van der Waals surface area (Å²) in [5, 5.41) is 0. The number of alkyl halides is 3. The number of carbonyl (C=O) groups is 1. The molecule has 0 radical (unpaired) electrons. The first-order valence-corrected chi connectivity index (χ1v) is 6.26. The molecule has 0 unspecified atom stereocenters. The van der Waals surface area contributed by atoms with Crippen molar-refractivity contribution in [3.63, 3.8) is 0 Å². The first-order chi connectivity index (χ1) is 9.30. The van der Waals surface area contributed by atoms with Gasteiger partial charge in [0.15, 0.2) is 5.78 Å². The predicted octanol–water partition coefficient (Wildman–Crippen LogP) is 4.84. The predicted molar refractivity (Wildman–Crippen MR) is 69.0 cm³/mol. The van der Waals surface area contributed by atoms with E-state index in [0.717, 1.165) is 24.3 Å². The topological polar surface area (TPSA) is 17.1 Å². The van der Waals surface area contributed by atoms with Crippen molar-refractivity contribution in [3.8, 4) is 0 Å². The fourth-order valence-corrected chi connectivity index (χ4v) is 2.08. The molecule has 0 bridgehead atoms. The van der Waals surface area contributed by atoms with Crippen LogP contribution in [-0.4, -0.2) is 5.78 Å². The maximum Gasteiger partial charge on any atom is 0.417 e. The largest absolute Gasteiger partial charge is 0.417 e. The number of hydrogen-bond acceptors (Lipinski definition) is 1. The summed E-state index contributed by atoms with van der Waals surface area (Å²) in [6.45, 7) is 0. The molecule has 2 aromatic rings. The molecule has 0 aliphatic rings. The van der Waals surface area contributed by atoms with Crippen LogP contribution in [0.3, 0.4) is 0 Å². The summed E-state index contributed by atoms with van der Waals surface area (Å²) in [6.07, 6.45) is -4.67. The van der Waals surface area contributed by atoms with Gasteiger partial charge in [0.05, 0.1) is 11.1 Å². The molecule has 0 saturated carbocycles. The number of rotatable bonds is 2. The zero-order valence-corrected chi connectivity index (χ0v) is 11.4. The summed E-state index contributed by atoms with van der Waals surface area (Å²) >= 11 is 3.02. The summed E-state index contributed by atoms with van der Waals surface area (Å²) in [5.41, 5.74) is -2.04. The van der Waals surface area contributed by atoms with Crippen molar-refractivity contribution in [2.24, 2.45) is 0 Å². The maximum atomic E-state index is 13.7. The second kappa shape index (κ2) is 5.36. The number of ketones is 1. The number of benzene rings is 2. The first-order valence-electron chi connectivity index (χ1n) is 5.46. The standard InChI is InChI=1S/C14H7BrF4O/c15-8-5-6-10(12(16)7-8)13(20)9-3-1-2-4-11(9)14(17,18)19/h1-7H. The summed E-state index contributed by atoms with van der Waals surface area (Å²) < 4.78 is 52.6. The van der Waals surface area contributed by atoms with Gasteiger partial charge in [0.25, 0.3) is 0 Å². The molecular formula is C14H7BrF4O. The summed E-state index contributed by atoms with van der Waals surface area (Å²) in [5.74, 6) is -1.87. The van der Waals surface area contributed by atoms with Crippen LogP contribution in [0.2, 0.25) is 0 Å². The number of carbonyl (C=O) groups excluding carboxylic acids is 1. The Labute approximate surface area is 120 Å². The van der Waals surface area contributed by atoms with Gasteiger partial charge in [-0.2, -0.15) is 13.2 Å². The van der Waals surface area contributed by atoms with E-state index in [4.69, 9.17) is 0 Å². The summed E-state index contributed by atoms with van der Waals surface area (Å²) in [4.78, 5) is 12.1. The van der Waals surface area contributed by atoms with E-state index in [-0.39, 0.29) is 0 Å². The lowest BCUT2D eigenvalue weighted by Crippen LogP contribution is -2.14. The average molecular weight is 347 g/mol. The van der Waals surface area contributed by atoms with Crippen molar-refractivity contribution in [2.75, 3.05) is 0 Å². The van der Waals surface area contributed by atoms with Crippen molar-refractivity contribution < 1.29 is 22.4 Å². The molecule has 0 aliphatic carbocycles. The van der Waals surface area contributed by atoms with Crippen molar-refractivity contribution >= 4 is 21.7 Å². The fourth-order valence-electron chi connectivity index (χ4n) is 1.75. The minimum atomic E-state index is -4.67. The highest BCUT2D eigenvalue weighted by Gasteiger charge is 2.35. The zero-order valence-electron chi connectivity index (χ0n) is 9.84. The third-order valence-corrected chi connectivity index (χ3v) is 3.15. The Morgan fingerprint density at radius 1 is 1.00 bits per heavy atom. The van der Waals surface area contributed by atoms with Crippen LogP contribution in [-0.2, 0) is 6.18 Å². The lowest BCUT2D eigenvalue weighted by atomic mass is 9.98. The van der Waals surface area contributed by atoms with E-state index in [1.54, 1.807) is 0 Å². The molecule has 0 spiro atoms. The van der Waals surface area contributed by atoms with Gasteiger partial charge in [-0.05, 0) is 24.3 Å². The Hall–Kier alpha value is -1.69. The van der Waals surface area contributed by atoms with Crippen molar-refractivity contribution in [2.45, 2.75) is 6.18 Å². The highest BCUT2D eigenvalue weighted by atomic mass is 79.9. The van der Waals surface area contributed by atoms with Crippen LogP contribution in [0, 0.1) is 5.82 Å². The van der Waals surface area contributed by atoms with E-state index < -0.39 is 34.5 Å². The van der Waals surface area contributed by atoms with Gasteiger partial charge in [-0.1, -0.05) is 34.1 Å². The smallest absolute Gasteiger partial charge is 0.288 e. The Kier molecular flexibility index (Phi) is 3.94. The highest BCUT2D eigenvalue weighted by molar-refractivity contribution is 9.10. The first kappa shape index (κ1) is 14.7. The maximum absolute atomic E-state index is 13.7. The van der Waals surface area contributed by atoms with Crippen molar-refractivity contribution in [1.82, 2.24) is 0 Å². The lowest BCUT2D eigenvalue weighted by Gasteiger charge is -2.12. The zero-order chi connectivity index (χ0) is 14.9. The Morgan fingerprint density at radius 3 is 2.25 bits per heavy atom. The molecule has 0 aliphatic heterocycles. The molecular weight excluding hydrogens is 340 g/mol. The van der Waals surface area contributed by atoms with E-state index in [9.17, 15) is 22.4 Å². The third-order valence-electron chi connectivity index (χ3n) is 2.65. The van der Waals surface area contributed by atoms with E-state index in [2.05, 4.69) is 15.9 Å². The second-order valence-corrected chi connectivity index (χ2v) is 4.91. The molecule has 0 atom stereocenters. The molecule has 6 heteroatoms. The van der Waals surface area contributed by atoms with Gasteiger partial charge >= 0.3 is 6.18 Å². The summed E-state index contributed by atoms with van der Waals surface area (Å²) in [6, 6.07) is 7.89. The number of hydrogen-bond donors (Lipinski definition) is 0. The van der Waals surface area contributed by atoms with Crippen LogP contribution in [0.5, 0.6) is 0 Å². The van der Waals surface area contributed by atoms with Crippen LogP contribution >= 0.6 is 15.9 Å². The molecule has 20 heavy (non-hydrogen) atoms. The molecule has 1 nitrogen and oxygen atoms in total. The number of halogens is 5. The van der Waals surface area contributed by atoms with Crippen molar-refractivity contribution in [3.05, 3.63) is 69.4 Å². The van der Waals surface area contributed by atoms with E-state index in [1.807, 2.05) is 0 Å². The van der Waals surface area contributed by atoms with Gasteiger partial charge < -0.3 is 0 Å². The molecule has 0 N–H and O–H groups in total.